The third kappa shape index (κ3) is 5.01. The van der Waals surface area contributed by atoms with E-state index in [1.54, 1.807) is 22.3 Å². The zero-order valence-electron chi connectivity index (χ0n) is 21.0. The van der Waals surface area contributed by atoms with E-state index in [2.05, 4.69) is 41.5 Å². The summed E-state index contributed by atoms with van der Waals surface area (Å²) in [4.78, 5) is 44.4. The molecule has 2 atom stereocenters. The van der Waals surface area contributed by atoms with Crippen molar-refractivity contribution in [3.05, 3.63) is 97.2 Å². The molecule has 0 saturated carbocycles. The van der Waals surface area contributed by atoms with Crippen LogP contribution in [0.25, 0.3) is 0 Å². The van der Waals surface area contributed by atoms with Gasteiger partial charge in [-0.15, -0.1) is 11.3 Å². The first-order valence-corrected chi connectivity index (χ1v) is 13.4. The van der Waals surface area contributed by atoms with Gasteiger partial charge in [0.05, 0.1) is 17.5 Å². The first-order chi connectivity index (χ1) is 17.8. The lowest BCUT2D eigenvalue weighted by Crippen LogP contribution is -2.57. The number of benzene rings is 2. The van der Waals surface area contributed by atoms with Crippen molar-refractivity contribution in [2.24, 2.45) is 0 Å². The molecule has 3 heterocycles. The molecule has 1 fully saturated rings. The monoisotopic (exact) mass is 518 g/mol. The van der Waals surface area contributed by atoms with E-state index in [1.165, 1.54) is 39.8 Å². The summed E-state index contributed by atoms with van der Waals surface area (Å²) in [5.41, 5.74) is 3.92. The van der Waals surface area contributed by atoms with Gasteiger partial charge in [0.25, 0.3) is 11.6 Å². The number of amides is 2. The number of carbonyl (C=O) groups is 2. The Balaban J connectivity index is 1.28. The first kappa shape index (κ1) is 25.1. The lowest BCUT2D eigenvalue weighted by atomic mass is 9.90. The molecule has 0 aliphatic carbocycles. The van der Waals surface area contributed by atoms with Crippen molar-refractivity contribution in [3.63, 3.8) is 0 Å². The quantitative estimate of drug-likeness (QED) is 0.372. The van der Waals surface area contributed by atoms with Gasteiger partial charge in [0.15, 0.2) is 0 Å². The second-order valence-corrected chi connectivity index (χ2v) is 10.8. The van der Waals surface area contributed by atoms with E-state index in [4.69, 9.17) is 0 Å². The average Bonchev–Trinajstić information content (AvgIpc) is 3.38. The molecule has 5 rings (SSSR count). The van der Waals surface area contributed by atoms with E-state index in [0.29, 0.717) is 31.7 Å². The van der Waals surface area contributed by atoms with Crippen molar-refractivity contribution >= 4 is 28.8 Å². The number of nitro benzene ring substituents is 1. The van der Waals surface area contributed by atoms with E-state index >= 15 is 0 Å². The second kappa shape index (κ2) is 10.4. The van der Waals surface area contributed by atoms with Gasteiger partial charge in [0, 0.05) is 54.8 Å². The summed E-state index contributed by atoms with van der Waals surface area (Å²) in [6.45, 7) is 6.45. The molecule has 8 nitrogen and oxygen atoms in total. The number of aryl methyl sites for hydroxylation is 1. The largest absolute Gasteiger partial charge is 0.338 e. The molecular weight excluding hydrogens is 488 g/mol. The molecule has 3 aromatic rings. The molecule has 1 aromatic heterocycles. The summed E-state index contributed by atoms with van der Waals surface area (Å²) in [5, 5.41) is 13.3. The van der Waals surface area contributed by atoms with Gasteiger partial charge in [-0.1, -0.05) is 30.3 Å². The van der Waals surface area contributed by atoms with Gasteiger partial charge in [0.1, 0.15) is 0 Å². The van der Waals surface area contributed by atoms with E-state index in [0.717, 1.165) is 13.0 Å². The molecule has 0 bridgehead atoms. The fourth-order valence-electron chi connectivity index (χ4n) is 5.47. The van der Waals surface area contributed by atoms with Gasteiger partial charge < -0.3 is 9.80 Å². The van der Waals surface area contributed by atoms with Crippen LogP contribution in [0.4, 0.5) is 5.69 Å². The predicted octanol–water partition coefficient (Wildman–Crippen LogP) is 4.29. The number of carbonyl (C=O) groups excluding carboxylic acids is 2. The molecule has 1 saturated heterocycles. The van der Waals surface area contributed by atoms with Gasteiger partial charge in [0.2, 0.25) is 5.91 Å². The molecule has 2 aromatic carbocycles. The highest BCUT2D eigenvalue weighted by Gasteiger charge is 2.35. The van der Waals surface area contributed by atoms with E-state index in [-0.39, 0.29) is 29.6 Å². The van der Waals surface area contributed by atoms with Crippen LogP contribution in [0.2, 0.25) is 0 Å². The van der Waals surface area contributed by atoms with Crippen LogP contribution < -0.4 is 0 Å². The number of fused-ring (bicyclic) bond motifs is 1. The zero-order chi connectivity index (χ0) is 26.1. The summed E-state index contributed by atoms with van der Waals surface area (Å²) in [7, 11) is 0. The van der Waals surface area contributed by atoms with Crippen LogP contribution in [-0.2, 0) is 11.2 Å². The minimum Gasteiger partial charge on any atom is -0.338 e. The highest BCUT2D eigenvalue weighted by Crippen LogP contribution is 2.38. The van der Waals surface area contributed by atoms with Gasteiger partial charge in [-0.2, -0.15) is 0 Å². The Bertz CT molecular complexity index is 1340. The van der Waals surface area contributed by atoms with E-state index in [9.17, 15) is 19.7 Å². The number of hydrogen-bond donors (Lipinski definition) is 0. The predicted molar refractivity (Wildman–Crippen MR) is 143 cm³/mol. The third-order valence-electron chi connectivity index (χ3n) is 7.43. The van der Waals surface area contributed by atoms with Crippen LogP contribution in [0.3, 0.4) is 0 Å². The van der Waals surface area contributed by atoms with Gasteiger partial charge in [-0.3, -0.25) is 24.6 Å². The molecule has 2 amide bonds. The Kier molecular flexibility index (Phi) is 7.08. The topological polar surface area (TPSA) is 87.0 Å². The molecule has 0 N–H and O–H groups in total. The lowest BCUT2D eigenvalue weighted by Gasteiger charge is -2.42. The van der Waals surface area contributed by atoms with E-state index < -0.39 is 4.92 Å². The molecule has 192 valence electrons. The third-order valence-corrected chi connectivity index (χ3v) is 8.43. The SMILES string of the molecule is Cc1ccccc1[C@@H]1c2ccsc2CCN1CC(=O)N1CCN(C(=O)c2cccc([N+](=O)[O-])c2)[C@H](C)C1. The molecule has 37 heavy (non-hydrogen) atoms. The molecule has 0 spiro atoms. The Labute approximate surface area is 220 Å². The van der Waals surface area contributed by atoms with E-state index in [1.807, 2.05) is 17.9 Å². The fraction of sp³-hybridized carbons (Fsp3) is 0.357. The maximum atomic E-state index is 13.5. The van der Waals surface area contributed by atoms with Crippen molar-refractivity contribution in [2.75, 3.05) is 32.7 Å². The molecule has 2 aliphatic rings. The minimum absolute atomic E-state index is 0.0503. The summed E-state index contributed by atoms with van der Waals surface area (Å²) < 4.78 is 0. The number of rotatable bonds is 5. The zero-order valence-corrected chi connectivity index (χ0v) is 21.8. The van der Waals surface area contributed by atoms with Crippen LogP contribution in [0, 0.1) is 17.0 Å². The highest BCUT2D eigenvalue weighted by atomic mass is 32.1. The highest BCUT2D eigenvalue weighted by molar-refractivity contribution is 7.10. The Morgan fingerprint density at radius 1 is 1.05 bits per heavy atom. The average molecular weight is 519 g/mol. The molecule has 9 heteroatoms. The lowest BCUT2D eigenvalue weighted by molar-refractivity contribution is -0.384. The molecule has 2 aliphatic heterocycles. The molecule has 0 unspecified atom stereocenters. The number of hydrogen-bond acceptors (Lipinski definition) is 6. The maximum absolute atomic E-state index is 13.5. The first-order valence-electron chi connectivity index (χ1n) is 12.5. The molecular formula is C28H30N4O4S. The van der Waals surface area contributed by atoms with Crippen LogP contribution in [0.5, 0.6) is 0 Å². The van der Waals surface area contributed by atoms with Crippen molar-refractivity contribution in [1.82, 2.24) is 14.7 Å². The number of nitrogens with zero attached hydrogens (tertiary/aromatic N) is 4. The van der Waals surface area contributed by atoms with Gasteiger partial charge in [-0.05, 0) is 54.5 Å². The normalized spacial score (nSPS) is 19.9. The summed E-state index contributed by atoms with van der Waals surface area (Å²) >= 11 is 1.79. The second-order valence-electron chi connectivity index (χ2n) is 9.77. The van der Waals surface area contributed by atoms with Crippen molar-refractivity contribution in [1.29, 1.82) is 0 Å². The van der Waals surface area contributed by atoms with Gasteiger partial charge in [-0.25, -0.2) is 0 Å². The van der Waals surface area contributed by atoms with Crippen molar-refractivity contribution in [3.8, 4) is 0 Å². The Hall–Kier alpha value is -3.56. The summed E-state index contributed by atoms with van der Waals surface area (Å²) in [6, 6.07) is 16.2. The van der Waals surface area contributed by atoms with Gasteiger partial charge >= 0.3 is 0 Å². The fourth-order valence-corrected chi connectivity index (χ4v) is 6.38. The minimum atomic E-state index is -0.499. The maximum Gasteiger partial charge on any atom is 0.270 e. The number of nitro groups is 1. The molecule has 0 radical (unpaired) electrons. The Morgan fingerprint density at radius 2 is 1.86 bits per heavy atom. The van der Waals surface area contributed by atoms with Crippen molar-refractivity contribution < 1.29 is 14.5 Å². The standard InChI is InChI=1S/C28H30N4O4S/c1-19-6-3-4-9-23(19)27-24-11-15-37-25(24)10-12-30(27)18-26(33)29-13-14-31(20(2)17-29)28(34)21-7-5-8-22(16-21)32(35)36/h3-9,11,15-16,20,27H,10,12-14,17-18H2,1-2H3/t20-,27-/m1/s1. The smallest absolute Gasteiger partial charge is 0.270 e. The van der Waals surface area contributed by atoms with Crippen LogP contribution in [-0.4, -0.2) is 70.2 Å². The summed E-state index contributed by atoms with van der Waals surface area (Å²) in [6.07, 6.45) is 0.935. The Morgan fingerprint density at radius 3 is 2.62 bits per heavy atom. The number of piperazine rings is 1. The van der Waals surface area contributed by atoms with Crippen molar-refractivity contribution in [2.45, 2.75) is 32.4 Å². The summed E-state index contributed by atoms with van der Waals surface area (Å²) in [5.74, 6) is -0.185. The van der Waals surface area contributed by atoms with Crippen LogP contribution in [0.1, 0.15) is 44.9 Å². The van der Waals surface area contributed by atoms with Crippen LogP contribution in [0.15, 0.2) is 60.0 Å². The van der Waals surface area contributed by atoms with Crippen LogP contribution >= 0.6 is 11.3 Å². The number of non-ortho nitro benzene ring substituents is 1. The number of thiophene rings is 1.